The van der Waals surface area contributed by atoms with Crippen molar-refractivity contribution in [3.63, 3.8) is 0 Å². The second-order valence-electron chi connectivity index (χ2n) is 0.747. The molecular weight excluding hydrogens is 106 g/mol. The maximum absolute atomic E-state index is 9.37. The van der Waals surface area contributed by atoms with E-state index in [2.05, 4.69) is 13.2 Å². The van der Waals surface area contributed by atoms with Crippen LogP contribution >= 0.6 is 0 Å². The molecule has 0 rings (SSSR count). The molecule has 0 atom stereocenters. The zero-order valence-electron chi connectivity index (χ0n) is 5.18. The van der Waals surface area contributed by atoms with Gasteiger partial charge in [-0.05, 0) is 0 Å². The SMILES string of the molecule is C=C.CCC(=O)O.N. The number of carbonyl (C=O) groups is 1. The molecule has 0 spiro atoms. The second-order valence-corrected chi connectivity index (χ2v) is 0.747. The van der Waals surface area contributed by atoms with Gasteiger partial charge in [0.25, 0.3) is 0 Å². The average molecular weight is 119 g/mol. The lowest BCUT2D eigenvalue weighted by Gasteiger charge is -1.71. The Balaban J connectivity index is -0.0000000750. The van der Waals surface area contributed by atoms with Gasteiger partial charge in [-0.1, -0.05) is 6.92 Å². The fraction of sp³-hybridized carbons (Fsp3) is 0.400. The van der Waals surface area contributed by atoms with Crippen LogP contribution in [0.1, 0.15) is 13.3 Å². The highest BCUT2D eigenvalue weighted by atomic mass is 16.4. The Kier molecular flexibility index (Phi) is 32.2. The molecule has 50 valence electrons. The number of rotatable bonds is 1. The van der Waals surface area contributed by atoms with E-state index >= 15 is 0 Å². The first kappa shape index (κ1) is 15.7. The molecule has 3 heteroatoms. The van der Waals surface area contributed by atoms with Crippen LogP contribution in [0.3, 0.4) is 0 Å². The Morgan fingerprint density at radius 3 is 1.75 bits per heavy atom. The largest absolute Gasteiger partial charge is 0.481 e. The number of aliphatic carboxylic acids is 1. The summed E-state index contributed by atoms with van der Waals surface area (Å²) in [5, 5.41) is 7.72. The van der Waals surface area contributed by atoms with E-state index in [1.54, 1.807) is 6.92 Å². The summed E-state index contributed by atoms with van der Waals surface area (Å²) in [5.74, 6) is -0.745. The Bertz CT molecular complexity index is 54.4. The van der Waals surface area contributed by atoms with Crippen LogP contribution in [-0.4, -0.2) is 11.1 Å². The lowest BCUT2D eigenvalue weighted by molar-refractivity contribution is -0.136. The quantitative estimate of drug-likeness (QED) is 0.513. The van der Waals surface area contributed by atoms with Gasteiger partial charge >= 0.3 is 5.97 Å². The average Bonchev–Trinajstić information content (AvgIpc) is 1.73. The molecule has 0 aromatic heterocycles. The lowest BCUT2D eigenvalue weighted by Crippen LogP contribution is -1.86. The van der Waals surface area contributed by atoms with Gasteiger partial charge in [-0.2, -0.15) is 0 Å². The first-order valence-corrected chi connectivity index (χ1v) is 1.99. The smallest absolute Gasteiger partial charge is 0.303 e. The van der Waals surface area contributed by atoms with Gasteiger partial charge in [-0.25, -0.2) is 0 Å². The normalized spacial score (nSPS) is 5.12. The summed E-state index contributed by atoms with van der Waals surface area (Å²) >= 11 is 0. The van der Waals surface area contributed by atoms with Gasteiger partial charge in [0.2, 0.25) is 0 Å². The number of carboxylic acid groups (broad SMARTS) is 1. The van der Waals surface area contributed by atoms with Crippen LogP contribution in [0.25, 0.3) is 0 Å². The molecule has 0 aliphatic heterocycles. The molecule has 0 radical (unpaired) electrons. The van der Waals surface area contributed by atoms with Gasteiger partial charge < -0.3 is 11.3 Å². The van der Waals surface area contributed by atoms with Crippen LogP contribution in [0.15, 0.2) is 13.2 Å². The molecule has 3 nitrogen and oxygen atoms in total. The van der Waals surface area contributed by atoms with E-state index < -0.39 is 5.97 Å². The van der Waals surface area contributed by atoms with E-state index in [0.29, 0.717) is 0 Å². The van der Waals surface area contributed by atoms with Crippen molar-refractivity contribution in [3.05, 3.63) is 13.2 Å². The van der Waals surface area contributed by atoms with Crippen molar-refractivity contribution in [2.75, 3.05) is 0 Å². The van der Waals surface area contributed by atoms with Crippen molar-refractivity contribution in [2.45, 2.75) is 13.3 Å². The highest BCUT2D eigenvalue weighted by Crippen LogP contribution is 1.67. The van der Waals surface area contributed by atoms with E-state index in [-0.39, 0.29) is 12.6 Å². The molecule has 0 fully saturated rings. The van der Waals surface area contributed by atoms with Crippen LogP contribution in [-0.2, 0) is 4.79 Å². The summed E-state index contributed by atoms with van der Waals surface area (Å²) in [6.45, 7) is 7.60. The van der Waals surface area contributed by atoms with E-state index in [1.165, 1.54) is 0 Å². The monoisotopic (exact) mass is 119 g/mol. The topological polar surface area (TPSA) is 72.3 Å². The standard InChI is InChI=1S/C3H6O2.C2H4.H3N/c1-2-3(4)5;1-2;/h2H2,1H3,(H,4,5);1-2H2;1H3. The Labute approximate surface area is 49.6 Å². The maximum atomic E-state index is 9.37. The minimum absolute atomic E-state index is 0. The van der Waals surface area contributed by atoms with E-state index in [0.717, 1.165) is 0 Å². The second kappa shape index (κ2) is 16.4. The highest BCUT2D eigenvalue weighted by molar-refractivity contribution is 5.66. The lowest BCUT2D eigenvalue weighted by atomic mass is 10.5. The number of hydrogen-bond donors (Lipinski definition) is 2. The van der Waals surface area contributed by atoms with Crippen molar-refractivity contribution in [2.24, 2.45) is 0 Å². The first-order chi connectivity index (χ1) is 3.27. The van der Waals surface area contributed by atoms with E-state index in [9.17, 15) is 4.79 Å². The predicted octanol–water partition coefficient (Wildman–Crippen LogP) is 1.45. The van der Waals surface area contributed by atoms with E-state index in [4.69, 9.17) is 5.11 Å². The molecule has 0 heterocycles. The van der Waals surface area contributed by atoms with Gasteiger partial charge in [0.1, 0.15) is 0 Å². The molecule has 4 N–H and O–H groups in total. The van der Waals surface area contributed by atoms with E-state index in [1.807, 2.05) is 0 Å². The summed E-state index contributed by atoms with van der Waals surface area (Å²) in [7, 11) is 0. The van der Waals surface area contributed by atoms with Crippen LogP contribution in [0.5, 0.6) is 0 Å². The van der Waals surface area contributed by atoms with Crippen LogP contribution in [0.4, 0.5) is 0 Å². The molecule has 0 bridgehead atoms. The van der Waals surface area contributed by atoms with Gasteiger partial charge in [-0.15, -0.1) is 13.2 Å². The van der Waals surface area contributed by atoms with Crippen molar-refractivity contribution < 1.29 is 9.90 Å². The molecule has 0 amide bonds. The number of carboxylic acids is 1. The third kappa shape index (κ3) is 65.7. The van der Waals surface area contributed by atoms with Crippen molar-refractivity contribution >= 4 is 5.97 Å². The van der Waals surface area contributed by atoms with Crippen molar-refractivity contribution in [1.29, 1.82) is 0 Å². The molecule has 0 unspecified atom stereocenters. The van der Waals surface area contributed by atoms with Crippen LogP contribution in [0.2, 0.25) is 0 Å². The molecule has 0 aliphatic carbocycles. The third-order valence-electron chi connectivity index (χ3n) is 0.302. The Morgan fingerprint density at radius 2 is 1.75 bits per heavy atom. The first-order valence-electron chi connectivity index (χ1n) is 1.99. The van der Waals surface area contributed by atoms with Crippen LogP contribution in [0, 0.1) is 0 Å². The van der Waals surface area contributed by atoms with Gasteiger partial charge in [-0.3, -0.25) is 4.79 Å². The molecule has 0 aromatic rings. The minimum atomic E-state index is -0.745. The molecule has 0 saturated heterocycles. The zero-order chi connectivity index (χ0) is 6.28. The highest BCUT2D eigenvalue weighted by Gasteiger charge is 1.80. The Morgan fingerprint density at radius 1 is 1.62 bits per heavy atom. The predicted molar refractivity (Wildman–Crippen MR) is 34.2 cm³/mol. The molecular formula is C5H13NO2. The number of hydrogen-bond acceptors (Lipinski definition) is 2. The summed E-state index contributed by atoms with van der Waals surface area (Å²) in [6.07, 6.45) is 0.222. The molecule has 8 heavy (non-hydrogen) atoms. The molecule has 0 aromatic carbocycles. The fourth-order valence-corrected chi connectivity index (χ4v) is 0. The van der Waals surface area contributed by atoms with Crippen molar-refractivity contribution in [3.8, 4) is 0 Å². The van der Waals surface area contributed by atoms with Crippen molar-refractivity contribution in [1.82, 2.24) is 6.15 Å². The minimum Gasteiger partial charge on any atom is -0.481 e. The summed E-state index contributed by atoms with van der Waals surface area (Å²) < 4.78 is 0. The summed E-state index contributed by atoms with van der Waals surface area (Å²) in [6, 6.07) is 0. The van der Waals surface area contributed by atoms with Gasteiger partial charge in [0, 0.05) is 6.42 Å². The zero-order valence-corrected chi connectivity index (χ0v) is 5.18. The van der Waals surface area contributed by atoms with Gasteiger partial charge in [0.05, 0.1) is 0 Å². The third-order valence-corrected chi connectivity index (χ3v) is 0.302. The van der Waals surface area contributed by atoms with Gasteiger partial charge in [0.15, 0.2) is 0 Å². The van der Waals surface area contributed by atoms with Crippen LogP contribution < -0.4 is 6.15 Å². The summed E-state index contributed by atoms with van der Waals surface area (Å²) in [5.41, 5.74) is 0. The Hall–Kier alpha value is -0.830. The maximum Gasteiger partial charge on any atom is 0.303 e. The summed E-state index contributed by atoms with van der Waals surface area (Å²) in [4.78, 5) is 9.37. The fourth-order valence-electron chi connectivity index (χ4n) is 0. The molecule has 0 saturated carbocycles. The molecule has 0 aliphatic rings.